The molecule has 0 aliphatic carbocycles. The summed E-state index contributed by atoms with van der Waals surface area (Å²) in [6, 6.07) is 16.0. The van der Waals surface area contributed by atoms with Crippen molar-refractivity contribution in [3.05, 3.63) is 59.7 Å². The zero-order chi connectivity index (χ0) is 20.5. The quantitative estimate of drug-likeness (QED) is 0.622. The third-order valence-electron chi connectivity index (χ3n) is 4.98. The first-order chi connectivity index (χ1) is 14.1. The van der Waals surface area contributed by atoms with Crippen LogP contribution in [0.1, 0.15) is 49.0 Å². The van der Waals surface area contributed by atoms with Gasteiger partial charge in [0.25, 0.3) is 5.91 Å². The summed E-state index contributed by atoms with van der Waals surface area (Å²) < 4.78 is 5.73. The molecule has 0 spiro atoms. The van der Waals surface area contributed by atoms with Gasteiger partial charge >= 0.3 is 0 Å². The van der Waals surface area contributed by atoms with E-state index in [1.54, 1.807) is 0 Å². The average molecular weight is 396 g/mol. The molecule has 2 N–H and O–H groups in total. The summed E-state index contributed by atoms with van der Waals surface area (Å²) in [7, 11) is 0. The molecular weight excluding hydrogens is 362 g/mol. The third kappa shape index (κ3) is 6.79. The van der Waals surface area contributed by atoms with Gasteiger partial charge < -0.3 is 20.3 Å². The summed E-state index contributed by atoms with van der Waals surface area (Å²) in [5.41, 5.74) is 2.99. The molecule has 156 valence electrons. The molecular formula is C24H33N3O2. The predicted octanol–water partition coefficient (Wildman–Crippen LogP) is 4.30. The monoisotopic (exact) mass is 395 g/mol. The lowest BCUT2D eigenvalue weighted by Gasteiger charge is -2.26. The van der Waals surface area contributed by atoms with Gasteiger partial charge in [0.2, 0.25) is 0 Å². The molecule has 2 aromatic rings. The van der Waals surface area contributed by atoms with E-state index < -0.39 is 0 Å². The van der Waals surface area contributed by atoms with Crippen LogP contribution in [0.3, 0.4) is 0 Å². The molecule has 1 fully saturated rings. The molecule has 1 aliphatic rings. The number of hydrogen-bond donors (Lipinski definition) is 2. The van der Waals surface area contributed by atoms with Crippen LogP contribution in [0, 0.1) is 0 Å². The number of carbonyl (C=O) groups excluding carboxylic acids is 1. The summed E-state index contributed by atoms with van der Waals surface area (Å²) in [5, 5.41) is 6.86. The minimum Gasteiger partial charge on any atom is -0.491 e. The molecule has 0 radical (unpaired) electrons. The van der Waals surface area contributed by atoms with Crippen LogP contribution in [0.5, 0.6) is 5.75 Å². The Balaban J connectivity index is 1.42. The van der Waals surface area contributed by atoms with E-state index >= 15 is 0 Å². The van der Waals surface area contributed by atoms with E-state index in [1.165, 1.54) is 6.42 Å². The fourth-order valence-electron chi connectivity index (χ4n) is 3.57. The molecule has 1 heterocycles. The third-order valence-corrected chi connectivity index (χ3v) is 4.98. The highest BCUT2D eigenvalue weighted by atomic mass is 16.5. The summed E-state index contributed by atoms with van der Waals surface area (Å²) in [5.74, 6) is 1.05. The molecule has 29 heavy (non-hydrogen) atoms. The lowest BCUT2D eigenvalue weighted by atomic mass is 10.1. The first-order valence-electron chi connectivity index (χ1n) is 10.7. The predicted molar refractivity (Wildman–Crippen MR) is 119 cm³/mol. The lowest BCUT2D eigenvalue weighted by molar-refractivity contribution is 0.0724. The Kier molecular flexibility index (Phi) is 7.94. The van der Waals surface area contributed by atoms with Crippen molar-refractivity contribution in [1.82, 2.24) is 10.2 Å². The number of carbonyl (C=O) groups is 1. The molecule has 3 rings (SSSR count). The van der Waals surface area contributed by atoms with Crippen molar-refractivity contribution in [3.63, 3.8) is 0 Å². The highest BCUT2D eigenvalue weighted by molar-refractivity contribution is 5.94. The van der Waals surface area contributed by atoms with E-state index in [9.17, 15) is 4.79 Å². The summed E-state index contributed by atoms with van der Waals surface area (Å²) in [6.45, 7) is 8.22. The molecule has 5 heteroatoms. The Morgan fingerprint density at radius 1 is 1.03 bits per heavy atom. The second-order valence-electron chi connectivity index (χ2n) is 7.85. The molecule has 0 saturated carbocycles. The van der Waals surface area contributed by atoms with Crippen LogP contribution in [0.4, 0.5) is 5.69 Å². The Morgan fingerprint density at radius 3 is 2.62 bits per heavy atom. The molecule has 0 unspecified atom stereocenters. The number of nitrogens with zero attached hydrogens (tertiary/aromatic N) is 1. The Hall–Kier alpha value is -2.53. The maximum absolute atomic E-state index is 12.7. The first kappa shape index (κ1) is 21.2. The van der Waals surface area contributed by atoms with E-state index in [-0.39, 0.29) is 12.0 Å². The van der Waals surface area contributed by atoms with Crippen LogP contribution in [0.15, 0.2) is 48.5 Å². The number of amides is 1. The largest absolute Gasteiger partial charge is 0.491 e. The molecule has 1 amide bonds. The Labute approximate surface area is 174 Å². The number of anilines is 1. The van der Waals surface area contributed by atoms with Gasteiger partial charge in [-0.3, -0.25) is 4.79 Å². The van der Waals surface area contributed by atoms with Gasteiger partial charge in [0, 0.05) is 50.0 Å². The highest BCUT2D eigenvalue weighted by Crippen LogP contribution is 2.18. The summed E-state index contributed by atoms with van der Waals surface area (Å²) in [6.07, 6.45) is 3.64. The number of ether oxygens (including phenoxy) is 1. The van der Waals surface area contributed by atoms with E-state index in [0.717, 1.165) is 68.1 Å². The second-order valence-corrected chi connectivity index (χ2v) is 7.85. The van der Waals surface area contributed by atoms with Gasteiger partial charge in [0.1, 0.15) is 5.75 Å². The highest BCUT2D eigenvalue weighted by Gasteiger charge is 2.18. The number of piperidine rings is 1. The van der Waals surface area contributed by atoms with Crippen molar-refractivity contribution in [3.8, 4) is 5.75 Å². The molecule has 0 aromatic heterocycles. The Bertz CT molecular complexity index is 785. The smallest absolute Gasteiger partial charge is 0.253 e. The summed E-state index contributed by atoms with van der Waals surface area (Å²) in [4.78, 5) is 14.6. The molecule has 5 nitrogen and oxygen atoms in total. The number of hydrogen-bond acceptors (Lipinski definition) is 4. The second kappa shape index (κ2) is 10.9. The lowest BCUT2D eigenvalue weighted by Crippen LogP contribution is -2.35. The van der Waals surface area contributed by atoms with Crippen LogP contribution in [-0.2, 0) is 6.54 Å². The maximum Gasteiger partial charge on any atom is 0.253 e. The molecule has 0 bridgehead atoms. The van der Waals surface area contributed by atoms with Gasteiger partial charge in [-0.2, -0.15) is 0 Å². The van der Waals surface area contributed by atoms with E-state index in [4.69, 9.17) is 4.74 Å². The van der Waals surface area contributed by atoms with Crippen molar-refractivity contribution in [2.24, 2.45) is 0 Å². The summed E-state index contributed by atoms with van der Waals surface area (Å²) >= 11 is 0. The molecule has 2 aromatic carbocycles. The van der Waals surface area contributed by atoms with Crippen LogP contribution in [0.2, 0.25) is 0 Å². The maximum atomic E-state index is 12.7. The minimum absolute atomic E-state index is 0.164. The molecule has 0 atom stereocenters. The number of likely N-dealkylation sites (tertiary alicyclic amines) is 1. The van der Waals surface area contributed by atoms with Crippen molar-refractivity contribution >= 4 is 11.6 Å². The first-order valence-corrected chi connectivity index (χ1v) is 10.7. The van der Waals surface area contributed by atoms with Crippen molar-refractivity contribution in [1.29, 1.82) is 0 Å². The number of benzene rings is 2. The van der Waals surface area contributed by atoms with Gasteiger partial charge in [-0.05, 0) is 62.9 Å². The standard InChI is InChI=1S/C24H33N3O2/c1-19(2)29-23-11-7-10-22(17-23)26-13-12-25-18-20-8-6-9-21(16-20)24(28)27-14-4-3-5-15-27/h6-11,16-17,19,25-26H,3-5,12-15,18H2,1-2H3. The van der Waals surface area contributed by atoms with Gasteiger partial charge in [0.05, 0.1) is 6.10 Å². The zero-order valence-corrected chi connectivity index (χ0v) is 17.6. The van der Waals surface area contributed by atoms with Gasteiger partial charge in [-0.25, -0.2) is 0 Å². The van der Waals surface area contributed by atoms with Crippen LogP contribution in [-0.4, -0.2) is 43.1 Å². The number of nitrogens with one attached hydrogen (secondary N) is 2. The van der Waals surface area contributed by atoms with Crippen molar-refractivity contribution in [2.75, 3.05) is 31.5 Å². The molecule has 1 aliphatic heterocycles. The van der Waals surface area contributed by atoms with Crippen LogP contribution >= 0.6 is 0 Å². The van der Waals surface area contributed by atoms with Crippen molar-refractivity contribution in [2.45, 2.75) is 45.8 Å². The fraction of sp³-hybridized carbons (Fsp3) is 0.458. The SMILES string of the molecule is CC(C)Oc1cccc(NCCNCc2cccc(C(=O)N3CCCCC3)c2)c1. The van der Waals surface area contributed by atoms with E-state index in [2.05, 4.69) is 16.7 Å². The van der Waals surface area contributed by atoms with Crippen LogP contribution in [0.25, 0.3) is 0 Å². The minimum atomic E-state index is 0.164. The normalized spacial score (nSPS) is 14.1. The van der Waals surface area contributed by atoms with E-state index in [0.29, 0.717) is 0 Å². The van der Waals surface area contributed by atoms with Gasteiger partial charge in [-0.15, -0.1) is 0 Å². The topological polar surface area (TPSA) is 53.6 Å². The van der Waals surface area contributed by atoms with Gasteiger partial charge in [-0.1, -0.05) is 18.2 Å². The van der Waals surface area contributed by atoms with Crippen LogP contribution < -0.4 is 15.4 Å². The number of rotatable bonds is 9. The van der Waals surface area contributed by atoms with E-state index in [1.807, 2.05) is 61.2 Å². The fourth-order valence-corrected chi connectivity index (χ4v) is 3.57. The van der Waals surface area contributed by atoms with Crippen molar-refractivity contribution < 1.29 is 9.53 Å². The Morgan fingerprint density at radius 2 is 1.83 bits per heavy atom. The molecule has 1 saturated heterocycles. The average Bonchev–Trinajstić information content (AvgIpc) is 2.74. The zero-order valence-electron chi connectivity index (χ0n) is 17.6. The van der Waals surface area contributed by atoms with Gasteiger partial charge in [0.15, 0.2) is 0 Å².